The summed E-state index contributed by atoms with van der Waals surface area (Å²) in [5.41, 5.74) is 1.06. The van der Waals surface area contributed by atoms with Gasteiger partial charge in [0, 0.05) is 25.2 Å². The quantitative estimate of drug-likeness (QED) is 0.370. The van der Waals surface area contributed by atoms with Gasteiger partial charge in [-0.15, -0.1) is 30.4 Å². The Labute approximate surface area is 137 Å². The molecule has 0 atom stereocenters. The molecule has 0 aliphatic carbocycles. The first-order valence-corrected chi connectivity index (χ1v) is 6.23. The predicted octanol–water partition coefficient (Wildman–Crippen LogP) is 2.99. The summed E-state index contributed by atoms with van der Waals surface area (Å²) < 4.78 is 0. The first kappa shape index (κ1) is 18.1. The molecular weight excluding hydrogens is 373 g/mol. The van der Waals surface area contributed by atoms with Gasteiger partial charge in [-0.1, -0.05) is 35.7 Å². The third-order valence-corrected chi connectivity index (χ3v) is 2.75. The molecule has 0 aliphatic heterocycles. The van der Waals surface area contributed by atoms with Crippen molar-refractivity contribution in [3.05, 3.63) is 34.9 Å². The van der Waals surface area contributed by atoms with Gasteiger partial charge in [0.1, 0.15) is 6.54 Å². The van der Waals surface area contributed by atoms with Crippen molar-refractivity contribution in [2.24, 2.45) is 4.99 Å². The van der Waals surface area contributed by atoms with E-state index in [0.29, 0.717) is 13.1 Å². The summed E-state index contributed by atoms with van der Waals surface area (Å²) in [4.78, 5) is 6.31. The van der Waals surface area contributed by atoms with E-state index in [-0.39, 0.29) is 24.0 Å². The summed E-state index contributed by atoms with van der Waals surface area (Å²) in [6.45, 7) is 3.89. The van der Waals surface area contributed by atoms with Crippen molar-refractivity contribution in [3.63, 3.8) is 0 Å². The van der Waals surface area contributed by atoms with Gasteiger partial charge < -0.3 is 10.2 Å². The maximum absolute atomic E-state index is 6.14. The van der Waals surface area contributed by atoms with Gasteiger partial charge in [-0.2, -0.15) is 0 Å². The Hall–Kier alpha value is -0.930. The van der Waals surface area contributed by atoms with Crippen molar-refractivity contribution in [1.29, 1.82) is 0 Å². The minimum atomic E-state index is 0. The van der Waals surface area contributed by atoms with E-state index < -0.39 is 0 Å². The molecule has 104 valence electrons. The summed E-state index contributed by atoms with van der Waals surface area (Å²) in [5, 5.41) is 3.96. The van der Waals surface area contributed by atoms with Crippen molar-refractivity contribution >= 4 is 41.5 Å². The number of terminal acetylenes is 1. The summed E-state index contributed by atoms with van der Waals surface area (Å²) >= 11 is 6.14. The lowest BCUT2D eigenvalue weighted by Gasteiger charge is -2.22. The topological polar surface area (TPSA) is 27.6 Å². The van der Waals surface area contributed by atoms with Crippen LogP contribution in [-0.4, -0.2) is 31.0 Å². The number of nitrogens with zero attached hydrogens (tertiary/aromatic N) is 2. The second-order valence-electron chi connectivity index (χ2n) is 3.82. The molecule has 0 fully saturated rings. The van der Waals surface area contributed by atoms with Gasteiger partial charge in [-0.05, 0) is 18.6 Å². The summed E-state index contributed by atoms with van der Waals surface area (Å²) in [7, 11) is 1.96. The van der Waals surface area contributed by atoms with Gasteiger partial charge in [-0.3, -0.25) is 0 Å². The van der Waals surface area contributed by atoms with Gasteiger partial charge in [0.25, 0.3) is 0 Å². The average molecular weight is 392 g/mol. The van der Waals surface area contributed by atoms with Crippen molar-refractivity contribution < 1.29 is 0 Å². The molecule has 0 radical (unpaired) electrons. The molecule has 1 aromatic rings. The maximum Gasteiger partial charge on any atom is 0.194 e. The molecule has 0 aromatic heterocycles. The van der Waals surface area contributed by atoms with Crippen LogP contribution in [0.25, 0.3) is 0 Å². The van der Waals surface area contributed by atoms with E-state index in [9.17, 15) is 0 Å². The highest BCUT2D eigenvalue weighted by Gasteiger charge is 2.07. The van der Waals surface area contributed by atoms with Crippen LogP contribution < -0.4 is 5.32 Å². The molecule has 1 N–H and O–H groups in total. The van der Waals surface area contributed by atoms with Crippen LogP contribution in [0.3, 0.4) is 0 Å². The predicted molar refractivity (Wildman–Crippen MR) is 93.1 cm³/mol. The number of guanidine groups is 1. The lowest BCUT2D eigenvalue weighted by atomic mass is 10.2. The average Bonchev–Trinajstić information content (AvgIpc) is 2.37. The number of nitrogens with one attached hydrogen (secondary N) is 1. The van der Waals surface area contributed by atoms with Crippen LogP contribution in [0.2, 0.25) is 5.02 Å². The Bertz CT molecular complexity index is 454. The SMILES string of the molecule is C#CCN=C(NCC)N(C)Cc1ccccc1Cl.I. The Morgan fingerprint density at radius 1 is 1.47 bits per heavy atom. The van der Waals surface area contributed by atoms with Crippen LogP contribution in [0.15, 0.2) is 29.3 Å². The fourth-order valence-electron chi connectivity index (χ4n) is 1.55. The zero-order chi connectivity index (χ0) is 13.4. The normalized spacial score (nSPS) is 10.3. The molecule has 0 amide bonds. The molecule has 5 heteroatoms. The Morgan fingerprint density at radius 3 is 2.74 bits per heavy atom. The molecule has 0 saturated carbocycles. The van der Waals surface area contributed by atoms with E-state index in [0.717, 1.165) is 23.1 Å². The molecule has 1 aromatic carbocycles. The van der Waals surface area contributed by atoms with E-state index in [2.05, 4.69) is 16.2 Å². The molecule has 3 nitrogen and oxygen atoms in total. The smallest absolute Gasteiger partial charge is 0.194 e. The highest BCUT2D eigenvalue weighted by molar-refractivity contribution is 14.0. The third kappa shape index (κ3) is 6.17. The second-order valence-corrected chi connectivity index (χ2v) is 4.23. The molecular formula is C14H19ClIN3. The van der Waals surface area contributed by atoms with Gasteiger partial charge in [0.15, 0.2) is 5.96 Å². The summed E-state index contributed by atoms with van der Waals surface area (Å²) in [6.07, 6.45) is 5.23. The van der Waals surface area contributed by atoms with Gasteiger partial charge >= 0.3 is 0 Å². The van der Waals surface area contributed by atoms with Crippen molar-refractivity contribution in [1.82, 2.24) is 10.2 Å². The minimum Gasteiger partial charge on any atom is -0.356 e. The molecule has 1 rings (SSSR count). The first-order valence-electron chi connectivity index (χ1n) is 5.85. The fourth-order valence-corrected chi connectivity index (χ4v) is 1.74. The first-order chi connectivity index (χ1) is 8.69. The van der Waals surface area contributed by atoms with Crippen LogP contribution in [0.1, 0.15) is 12.5 Å². The van der Waals surface area contributed by atoms with Crippen LogP contribution >= 0.6 is 35.6 Å². The monoisotopic (exact) mass is 391 g/mol. The molecule has 0 unspecified atom stereocenters. The number of hydrogen-bond acceptors (Lipinski definition) is 1. The van der Waals surface area contributed by atoms with Crippen molar-refractivity contribution in [3.8, 4) is 12.3 Å². The second kappa shape index (κ2) is 9.93. The lowest BCUT2D eigenvalue weighted by molar-refractivity contribution is 0.478. The number of rotatable bonds is 4. The van der Waals surface area contributed by atoms with Crippen molar-refractivity contribution in [2.75, 3.05) is 20.1 Å². The molecule has 0 aliphatic rings. The third-order valence-electron chi connectivity index (χ3n) is 2.38. The van der Waals surface area contributed by atoms with E-state index >= 15 is 0 Å². The van der Waals surface area contributed by atoms with E-state index in [1.807, 2.05) is 43.1 Å². The number of aliphatic imine (C=N–C) groups is 1. The van der Waals surface area contributed by atoms with Crippen LogP contribution in [0.4, 0.5) is 0 Å². The zero-order valence-corrected chi connectivity index (χ0v) is 14.3. The molecule has 0 bridgehead atoms. The van der Waals surface area contributed by atoms with Gasteiger partial charge in [0.05, 0.1) is 0 Å². The van der Waals surface area contributed by atoms with Crippen LogP contribution in [-0.2, 0) is 6.54 Å². The van der Waals surface area contributed by atoms with Crippen LogP contribution in [0, 0.1) is 12.3 Å². The number of halogens is 2. The summed E-state index contributed by atoms with van der Waals surface area (Å²) in [5.74, 6) is 3.29. The fraction of sp³-hybridized carbons (Fsp3) is 0.357. The minimum absolute atomic E-state index is 0. The van der Waals surface area contributed by atoms with Gasteiger partial charge in [-0.25, -0.2) is 4.99 Å². The van der Waals surface area contributed by atoms with Gasteiger partial charge in [0.2, 0.25) is 0 Å². The molecule has 0 saturated heterocycles. The number of benzene rings is 1. The van der Waals surface area contributed by atoms with Crippen molar-refractivity contribution in [2.45, 2.75) is 13.5 Å². The molecule has 19 heavy (non-hydrogen) atoms. The standard InChI is InChI=1S/C14H18ClN3.HI/c1-4-10-17-14(16-5-2)18(3)11-12-8-6-7-9-13(12)15;/h1,6-9H,5,10-11H2,2-3H3,(H,16,17);1H. The Balaban J connectivity index is 0.00000324. The maximum atomic E-state index is 6.14. The Morgan fingerprint density at radius 2 is 2.16 bits per heavy atom. The molecule has 0 heterocycles. The number of hydrogen-bond donors (Lipinski definition) is 1. The van der Waals surface area contributed by atoms with E-state index in [1.165, 1.54) is 0 Å². The molecule has 0 spiro atoms. The van der Waals surface area contributed by atoms with E-state index in [4.69, 9.17) is 18.0 Å². The zero-order valence-electron chi connectivity index (χ0n) is 11.2. The highest BCUT2D eigenvalue weighted by atomic mass is 127. The summed E-state index contributed by atoms with van der Waals surface area (Å²) in [6, 6.07) is 7.78. The van der Waals surface area contributed by atoms with Crippen LogP contribution in [0.5, 0.6) is 0 Å². The largest absolute Gasteiger partial charge is 0.356 e. The highest BCUT2D eigenvalue weighted by Crippen LogP contribution is 2.16. The Kier molecular flexibility index (Phi) is 9.44. The van der Waals surface area contributed by atoms with E-state index in [1.54, 1.807) is 0 Å². The lowest BCUT2D eigenvalue weighted by Crippen LogP contribution is -2.38.